The molecule has 0 bridgehead atoms. The Balaban J connectivity index is 2.07. The molecule has 9 nitrogen and oxygen atoms in total. The topological polar surface area (TPSA) is 127 Å². The molecule has 0 aliphatic heterocycles. The number of carbonyl (C=O) groups is 1. The number of benzene rings is 1. The van der Waals surface area contributed by atoms with Crippen molar-refractivity contribution in [2.45, 2.75) is 55.0 Å². The predicted octanol–water partition coefficient (Wildman–Crippen LogP) is 2.45. The van der Waals surface area contributed by atoms with Crippen LogP contribution in [0, 0.1) is 5.92 Å². The van der Waals surface area contributed by atoms with Crippen LogP contribution in [0.5, 0.6) is 5.75 Å². The van der Waals surface area contributed by atoms with Crippen molar-refractivity contribution in [3.05, 3.63) is 54.4 Å². The van der Waals surface area contributed by atoms with Gasteiger partial charge in [-0.3, -0.25) is 20.3 Å². The lowest BCUT2D eigenvalue weighted by Gasteiger charge is -2.42. The van der Waals surface area contributed by atoms with E-state index in [1.165, 1.54) is 12.1 Å². The number of hydrogen-bond donors (Lipinski definition) is 3. The van der Waals surface area contributed by atoms with Gasteiger partial charge in [-0.15, -0.1) is 0 Å². The second kappa shape index (κ2) is 11.1. The second-order valence-corrected chi connectivity index (χ2v) is 10.1. The molecule has 0 spiro atoms. The van der Waals surface area contributed by atoms with Gasteiger partial charge in [0.05, 0.1) is 17.6 Å². The lowest BCUT2D eigenvalue weighted by molar-refractivity contribution is -0.135. The van der Waals surface area contributed by atoms with Gasteiger partial charge < -0.3 is 9.47 Å². The monoisotopic (exact) mass is 477 g/mol. The predicted molar refractivity (Wildman–Crippen MR) is 121 cm³/mol. The summed E-state index contributed by atoms with van der Waals surface area (Å²) in [6.45, 7) is 2.37. The average molecular weight is 478 g/mol. The summed E-state index contributed by atoms with van der Waals surface area (Å²) in [6, 6.07) is 9.44. The molecule has 1 aromatic carbocycles. The van der Waals surface area contributed by atoms with Crippen LogP contribution in [0.25, 0.3) is 0 Å². The maximum atomic E-state index is 14.1. The fourth-order valence-corrected chi connectivity index (χ4v) is 6.53. The quantitative estimate of drug-likeness (QED) is 0.352. The first-order valence-electron chi connectivity index (χ1n) is 11.0. The molecule has 0 saturated heterocycles. The number of hydrogen-bond acceptors (Lipinski definition) is 8. The van der Waals surface area contributed by atoms with Gasteiger partial charge >= 0.3 is 0 Å². The minimum Gasteiger partial charge on any atom is -0.494 e. The normalized spacial score (nSPS) is 20.6. The highest BCUT2D eigenvalue weighted by atomic mass is 32.2. The van der Waals surface area contributed by atoms with Crippen molar-refractivity contribution in [3.63, 3.8) is 0 Å². The molecule has 1 amide bonds. The average Bonchev–Trinajstić information content (AvgIpc) is 2.85. The maximum Gasteiger partial charge on any atom is 0.280 e. The minimum atomic E-state index is -4.29. The van der Waals surface area contributed by atoms with Crippen LogP contribution in [0.4, 0.5) is 0 Å². The first-order chi connectivity index (χ1) is 15.9. The molecule has 0 radical (unpaired) electrons. The number of nitrogens with zero attached hydrogens (tertiary/aromatic N) is 1. The number of rotatable bonds is 10. The number of pyridine rings is 1. The van der Waals surface area contributed by atoms with E-state index in [4.69, 9.17) is 9.47 Å². The fourth-order valence-electron chi connectivity index (χ4n) is 4.44. The maximum absolute atomic E-state index is 14.1. The van der Waals surface area contributed by atoms with Crippen molar-refractivity contribution >= 4 is 15.7 Å². The Morgan fingerprint density at radius 3 is 2.30 bits per heavy atom. The molecule has 1 atom stereocenters. The Kier molecular flexibility index (Phi) is 8.41. The van der Waals surface area contributed by atoms with Gasteiger partial charge in [-0.05, 0) is 74.6 Å². The van der Waals surface area contributed by atoms with E-state index in [1.54, 1.807) is 49.2 Å². The van der Waals surface area contributed by atoms with Crippen LogP contribution in [0.3, 0.4) is 0 Å². The van der Waals surface area contributed by atoms with E-state index in [-0.39, 0.29) is 17.5 Å². The van der Waals surface area contributed by atoms with Crippen molar-refractivity contribution < 1.29 is 27.9 Å². The Labute approximate surface area is 194 Å². The van der Waals surface area contributed by atoms with Crippen molar-refractivity contribution in [2.75, 3.05) is 13.7 Å². The fraction of sp³-hybridized carbons (Fsp3) is 0.478. The summed E-state index contributed by atoms with van der Waals surface area (Å²) in [5, 5.41) is 12.7. The zero-order valence-electron chi connectivity index (χ0n) is 18.9. The highest BCUT2D eigenvalue weighted by Crippen LogP contribution is 2.40. The van der Waals surface area contributed by atoms with E-state index in [0.717, 1.165) is 5.56 Å². The lowest BCUT2D eigenvalue weighted by atomic mass is 9.81. The van der Waals surface area contributed by atoms with Crippen LogP contribution in [0.1, 0.15) is 38.2 Å². The van der Waals surface area contributed by atoms with Crippen LogP contribution < -0.4 is 15.5 Å². The van der Waals surface area contributed by atoms with Gasteiger partial charge in [0.15, 0.2) is 0 Å². The molecule has 1 fully saturated rings. The molecular formula is C23H31N3O6S. The van der Waals surface area contributed by atoms with E-state index in [2.05, 4.69) is 10.3 Å². The first-order valence-corrected chi connectivity index (χ1v) is 12.5. The van der Waals surface area contributed by atoms with Crippen LogP contribution >= 0.6 is 0 Å². The van der Waals surface area contributed by atoms with Crippen LogP contribution in [-0.2, 0) is 25.9 Å². The Morgan fingerprint density at radius 2 is 1.76 bits per heavy atom. The number of amides is 1. The first kappa shape index (κ1) is 25.1. The third-order valence-electron chi connectivity index (χ3n) is 6.19. The van der Waals surface area contributed by atoms with E-state index < -0.39 is 26.5 Å². The highest BCUT2D eigenvalue weighted by molar-refractivity contribution is 7.93. The molecule has 3 N–H and O–H groups in total. The number of hydroxylamine groups is 1. The van der Waals surface area contributed by atoms with Crippen LogP contribution in [-0.4, -0.2) is 49.2 Å². The summed E-state index contributed by atoms with van der Waals surface area (Å²) in [4.78, 5) is 15.1. The summed E-state index contributed by atoms with van der Waals surface area (Å²) in [7, 11) is -2.67. The van der Waals surface area contributed by atoms with Gasteiger partial charge in [0.25, 0.3) is 5.91 Å². The molecule has 10 heteroatoms. The van der Waals surface area contributed by atoms with Gasteiger partial charge in [-0.1, -0.05) is 0 Å². The SMILES string of the molecule is CCOc1ccc(S(=O)(=O)[C@@](NCc2ccncc2)(C(=O)NO)C2CCC(OC)CC2)cc1. The van der Waals surface area contributed by atoms with Gasteiger partial charge in [-0.25, -0.2) is 13.9 Å². The highest BCUT2D eigenvalue weighted by Gasteiger charge is 2.57. The molecule has 1 heterocycles. The zero-order chi connectivity index (χ0) is 23.9. The smallest absolute Gasteiger partial charge is 0.280 e. The number of nitrogens with one attached hydrogen (secondary N) is 2. The van der Waals surface area contributed by atoms with Crippen LogP contribution in [0.2, 0.25) is 0 Å². The Hall–Kier alpha value is -2.53. The van der Waals surface area contributed by atoms with Crippen molar-refractivity contribution in [2.24, 2.45) is 5.92 Å². The van der Waals surface area contributed by atoms with Gasteiger partial charge in [0.1, 0.15) is 5.75 Å². The molecule has 180 valence electrons. The molecule has 3 rings (SSSR count). The standard InChI is InChI=1S/C23H31N3O6S/c1-3-32-20-8-10-21(11-9-20)33(29,30)23(22(27)26-28,18-4-6-19(31-2)7-5-18)25-16-17-12-14-24-15-13-17/h8-15,18-19,25,28H,3-7,16H2,1-2H3,(H,26,27)/t18?,19?,23-/m1/s1. The number of carbonyl (C=O) groups excluding carboxylic acids is 1. The molecule has 1 aliphatic rings. The Morgan fingerprint density at radius 1 is 1.12 bits per heavy atom. The molecule has 2 aromatic rings. The van der Waals surface area contributed by atoms with Gasteiger partial charge in [-0.2, -0.15) is 0 Å². The third-order valence-corrected chi connectivity index (χ3v) is 8.60. The van der Waals surface area contributed by atoms with E-state index in [9.17, 15) is 18.4 Å². The van der Waals surface area contributed by atoms with Gasteiger partial charge in [0.2, 0.25) is 14.7 Å². The molecule has 0 unspecified atom stereocenters. The molecule has 1 aromatic heterocycles. The van der Waals surface area contributed by atoms with Crippen molar-refractivity contribution in [1.29, 1.82) is 0 Å². The molecule has 33 heavy (non-hydrogen) atoms. The summed E-state index contributed by atoms with van der Waals surface area (Å²) >= 11 is 0. The third kappa shape index (κ3) is 5.19. The summed E-state index contributed by atoms with van der Waals surface area (Å²) in [5.74, 6) is -1.07. The minimum absolute atomic E-state index is 0.00418. The zero-order valence-corrected chi connectivity index (χ0v) is 19.7. The number of aromatic nitrogens is 1. The van der Waals surface area contributed by atoms with E-state index in [0.29, 0.717) is 38.0 Å². The van der Waals surface area contributed by atoms with E-state index >= 15 is 0 Å². The number of ether oxygens (including phenoxy) is 2. The summed E-state index contributed by atoms with van der Waals surface area (Å²) in [6.07, 6.45) is 5.28. The molecular weight excluding hydrogens is 446 g/mol. The number of sulfone groups is 1. The molecule has 1 saturated carbocycles. The summed E-state index contributed by atoms with van der Waals surface area (Å²) < 4.78 is 39.0. The number of methoxy groups -OCH3 is 1. The van der Waals surface area contributed by atoms with Crippen LogP contribution in [0.15, 0.2) is 53.7 Å². The molecule has 1 aliphatic carbocycles. The van der Waals surface area contributed by atoms with Gasteiger partial charge in [0, 0.05) is 32.0 Å². The second-order valence-electron chi connectivity index (χ2n) is 8.00. The van der Waals surface area contributed by atoms with Crippen molar-refractivity contribution in [3.8, 4) is 5.75 Å². The Bertz CT molecular complexity index is 1010. The summed E-state index contributed by atoms with van der Waals surface area (Å²) in [5.41, 5.74) is 2.38. The van der Waals surface area contributed by atoms with E-state index in [1.807, 2.05) is 6.92 Å². The lowest BCUT2D eigenvalue weighted by Crippen LogP contribution is -2.66. The van der Waals surface area contributed by atoms with Crippen molar-refractivity contribution in [1.82, 2.24) is 15.8 Å². The largest absolute Gasteiger partial charge is 0.494 e.